The Labute approximate surface area is 189 Å². The van der Waals surface area contributed by atoms with Crippen LogP contribution in [-0.2, 0) is 25.4 Å². The van der Waals surface area contributed by atoms with Crippen LogP contribution in [0.1, 0.15) is 30.5 Å². The Morgan fingerprint density at radius 1 is 1.03 bits per heavy atom. The Kier molecular flexibility index (Phi) is 10.2. The number of nitrogens with one attached hydrogen (secondary N) is 1. The molecule has 2 aromatic carbocycles. The molecule has 174 valence electrons. The van der Waals surface area contributed by atoms with Crippen molar-refractivity contribution in [1.29, 1.82) is 0 Å². The molecular formula is C23H31N2O6P. The number of aryl methyl sites for hydroxylation is 2. The first kappa shape index (κ1) is 25.4. The van der Waals surface area contributed by atoms with Gasteiger partial charge in [0, 0.05) is 13.1 Å². The molecule has 1 unspecified atom stereocenters. The largest absolute Gasteiger partial charge is 0.465 e. The third-order valence-corrected chi connectivity index (χ3v) is 6.22. The first-order valence-electron chi connectivity index (χ1n) is 10.5. The average Bonchev–Trinajstić information content (AvgIpc) is 2.78. The number of hydrogen-bond donors (Lipinski definition) is 1. The molecule has 0 aliphatic rings. The Hall–Kier alpha value is -2.83. The summed E-state index contributed by atoms with van der Waals surface area (Å²) in [4.78, 5) is 24.3. The minimum absolute atomic E-state index is 0.114. The van der Waals surface area contributed by atoms with Crippen LogP contribution in [0.3, 0.4) is 0 Å². The number of alkyl carbamates (subject to hydrolysis) is 1. The maximum absolute atomic E-state index is 13.1. The molecule has 0 heterocycles. The lowest BCUT2D eigenvalue weighted by Crippen LogP contribution is -2.41. The summed E-state index contributed by atoms with van der Waals surface area (Å²) in [5.41, 5.74) is 2.55. The topological polar surface area (TPSA) is 94.2 Å². The van der Waals surface area contributed by atoms with Gasteiger partial charge < -0.3 is 19.3 Å². The zero-order valence-electron chi connectivity index (χ0n) is 18.9. The summed E-state index contributed by atoms with van der Waals surface area (Å²) in [7, 11) is -2.85. The van der Waals surface area contributed by atoms with Gasteiger partial charge in [0.1, 0.15) is 18.4 Å². The van der Waals surface area contributed by atoms with Gasteiger partial charge in [-0.15, -0.1) is 0 Å². The molecular weight excluding hydrogens is 431 g/mol. The second kappa shape index (κ2) is 12.9. The molecule has 2 rings (SSSR count). The van der Waals surface area contributed by atoms with Crippen LogP contribution in [0.5, 0.6) is 5.75 Å². The average molecular weight is 462 g/mol. The summed E-state index contributed by atoms with van der Waals surface area (Å²) < 4.78 is 30.5. The van der Waals surface area contributed by atoms with Crippen molar-refractivity contribution in [2.75, 3.05) is 19.7 Å². The normalized spacial score (nSPS) is 12.7. The lowest BCUT2D eigenvalue weighted by atomic mass is 10.1. The quantitative estimate of drug-likeness (QED) is 0.394. The van der Waals surface area contributed by atoms with Gasteiger partial charge in [-0.2, -0.15) is 0 Å². The van der Waals surface area contributed by atoms with Crippen LogP contribution in [0.2, 0.25) is 0 Å². The molecule has 9 heteroatoms. The van der Waals surface area contributed by atoms with Crippen LogP contribution in [-0.4, -0.2) is 42.5 Å². The Morgan fingerprint density at radius 2 is 1.69 bits per heavy atom. The van der Waals surface area contributed by atoms with Crippen LogP contribution in [0.15, 0.2) is 48.5 Å². The van der Waals surface area contributed by atoms with Crippen LogP contribution in [0.25, 0.3) is 0 Å². The van der Waals surface area contributed by atoms with Gasteiger partial charge in [0.15, 0.2) is 0 Å². The van der Waals surface area contributed by atoms with E-state index >= 15 is 0 Å². The maximum atomic E-state index is 13.1. The van der Waals surface area contributed by atoms with E-state index in [-0.39, 0.29) is 26.3 Å². The zero-order valence-corrected chi connectivity index (χ0v) is 19.9. The van der Waals surface area contributed by atoms with Crippen LogP contribution >= 0.6 is 8.18 Å². The number of benzene rings is 2. The monoisotopic (exact) mass is 462 g/mol. The van der Waals surface area contributed by atoms with Gasteiger partial charge in [-0.3, -0.25) is 9.36 Å². The van der Waals surface area contributed by atoms with Crippen molar-refractivity contribution in [1.82, 2.24) is 9.99 Å². The van der Waals surface area contributed by atoms with Crippen molar-refractivity contribution in [3.8, 4) is 5.75 Å². The van der Waals surface area contributed by atoms with E-state index in [2.05, 4.69) is 5.32 Å². The Bertz CT molecular complexity index is 902. The molecule has 0 aliphatic carbocycles. The minimum Gasteiger partial charge on any atom is -0.465 e. The standard InChI is InChI=1S/C23H31N2O6P/c1-5-29-22(26)19(4)25(32(28)31-21-17(2)10-9-11-18(21)3)15-14-24-23(27)30-16-20-12-7-6-8-13-20/h6-13,19,32H,5,14-16H2,1-4H3,(H,24,27)/t19-/m0/s1. The second-order valence-corrected chi connectivity index (χ2v) is 8.51. The lowest BCUT2D eigenvalue weighted by molar-refractivity contribution is -0.147. The number of carbonyl (C=O) groups is 2. The number of rotatable bonds is 11. The van der Waals surface area contributed by atoms with Crippen molar-refractivity contribution < 1.29 is 28.2 Å². The van der Waals surface area contributed by atoms with Gasteiger partial charge in [-0.1, -0.05) is 48.5 Å². The molecule has 0 spiro atoms. The van der Waals surface area contributed by atoms with Crippen molar-refractivity contribution in [3.05, 3.63) is 65.2 Å². The van der Waals surface area contributed by atoms with E-state index in [0.29, 0.717) is 5.75 Å². The smallest absolute Gasteiger partial charge is 0.407 e. The molecule has 2 aromatic rings. The first-order chi connectivity index (χ1) is 15.3. The van der Waals surface area contributed by atoms with Crippen LogP contribution in [0, 0.1) is 13.8 Å². The number of hydrogen-bond acceptors (Lipinski definition) is 6. The third-order valence-electron chi connectivity index (χ3n) is 4.76. The SMILES string of the molecule is CCOC(=O)[C@H](C)N(CCNC(=O)OCc1ccccc1)[PH](=O)Oc1c(C)cccc1C. The maximum Gasteiger partial charge on any atom is 0.407 e. The van der Waals surface area contributed by atoms with Crippen molar-refractivity contribution in [2.45, 2.75) is 40.3 Å². The lowest BCUT2D eigenvalue weighted by Gasteiger charge is -2.27. The highest BCUT2D eigenvalue weighted by Gasteiger charge is 2.28. The fourth-order valence-electron chi connectivity index (χ4n) is 2.99. The number of nitrogens with zero attached hydrogens (tertiary/aromatic N) is 1. The summed E-state index contributed by atoms with van der Waals surface area (Å²) in [6, 6.07) is 14.1. The van der Waals surface area contributed by atoms with E-state index in [0.717, 1.165) is 16.7 Å². The summed E-state index contributed by atoms with van der Waals surface area (Å²) in [5.74, 6) is 0.00953. The third kappa shape index (κ3) is 7.70. The predicted molar refractivity (Wildman–Crippen MR) is 123 cm³/mol. The predicted octanol–water partition coefficient (Wildman–Crippen LogP) is 4.25. The van der Waals surface area contributed by atoms with Gasteiger partial charge in [-0.25, -0.2) is 9.46 Å². The summed E-state index contributed by atoms with van der Waals surface area (Å²) in [6.45, 7) is 7.61. The molecule has 0 aliphatic heterocycles. The molecule has 0 bridgehead atoms. The number of amides is 1. The Balaban J connectivity index is 1.99. The molecule has 0 saturated heterocycles. The highest BCUT2D eigenvalue weighted by molar-refractivity contribution is 7.36. The number of esters is 1. The van der Waals surface area contributed by atoms with E-state index in [1.165, 1.54) is 4.67 Å². The summed E-state index contributed by atoms with van der Waals surface area (Å²) in [5, 5.41) is 2.62. The van der Waals surface area contributed by atoms with E-state index in [4.69, 9.17) is 14.0 Å². The summed E-state index contributed by atoms with van der Waals surface area (Å²) in [6.07, 6.45) is -0.604. The van der Waals surface area contributed by atoms with Gasteiger partial charge in [0.25, 0.3) is 0 Å². The van der Waals surface area contributed by atoms with Crippen molar-refractivity contribution in [3.63, 3.8) is 0 Å². The van der Waals surface area contributed by atoms with Crippen LogP contribution < -0.4 is 9.84 Å². The fourth-order valence-corrected chi connectivity index (χ4v) is 4.32. The van der Waals surface area contributed by atoms with Gasteiger partial charge in [0.05, 0.1) is 6.61 Å². The van der Waals surface area contributed by atoms with Crippen LogP contribution in [0.4, 0.5) is 4.79 Å². The van der Waals surface area contributed by atoms with E-state index in [1.807, 2.05) is 62.4 Å². The molecule has 32 heavy (non-hydrogen) atoms. The number of para-hydroxylation sites is 1. The Morgan fingerprint density at radius 3 is 2.31 bits per heavy atom. The molecule has 1 N–H and O–H groups in total. The molecule has 1 amide bonds. The van der Waals surface area contributed by atoms with Gasteiger partial charge in [0.2, 0.25) is 0 Å². The van der Waals surface area contributed by atoms with Crippen molar-refractivity contribution >= 4 is 20.2 Å². The number of carbonyl (C=O) groups excluding carboxylic acids is 2. The molecule has 2 atom stereocenters. The molecule has 0 aromatic heterocycles. The number of ether oxygens (including phenoxy) is 2. The highest BCUT2D eigenvalue weighted by atomic mass is 31.1. The molecule has 0 radical (unpaired) electrons. The molecule has 8 nitrogen and oxygen atoms in total. The molecule has 0 fully saturated rings. The van der Waals surface area contributed by atoms with Gasteiger partial charge >= 0.3 is 20.2 Å². The first-order valence-corrected chi connectivity index (χ1v) is 11.8. The van der Waals surface area contributed by atoms with Crippen molar-refractivity contribution in [2.24, 2.45) is 0 Å². The minimum atomic E-state index is -2.85. The van der Waals surface area contributed by atoms with E-state index in [1.54, 1.807) is 13.8 Å². The van der Waals surface area contributed by atoms with E-state index in [9.17, 15) is 14.2 Å². The second-order valence-electron chi connectivity index (χ2n) is 7.20. The molecule has 0 saturated carbocycles. The zero-order chi connectivity index (χ0) is 23.5. The van der Waals surface area contributed by atoms with Gasteiger partial charge in [-0.05, 0) is 44.4 Å². The van der Waals surface area contributed by atoms with E-state index < -0.39 is 26.3 Å². The fraction of sp³-hybridized carbons (Fsp3) is 0.391. The highest BCUT2D eigenvalue weighted by Crippen LogP contribution is 2.36. The summed E-state index contributed by atoms with van der Waals surface area (Å²) >= 11 is 0.